The number of aryl methyl sites for hydroxylation is 1. The van der Waals surface area contributed by atoms with E-state index in [9.17, 15) is 0 Å². The van der Waals surface area contributed by atoms with Crippen LogP contribution < -0.4 is 4.74 Å². The molecule has 0 aromatic heterocycles. The molecule has 2 rings (SSSR count). The Balaban J connectivity index is 1.62. The van der Waals surface area contributed by atoms with Gasteiger partial charge in [-0.05, 0) is 41.7 Å². The van der Waals surface area contributed by atoms with Gasteiger partial charge in [0.15, 0.2) is 0 Å². The highest BCUT2D eigenvalue weighted by molar-refractivity contribution is 7.81. The molecule has 0 saturated heterocycles. The molecule has 0 spiro atoms. The highest BCUT2D eigenvalue weighted by Gasteiger charge is 2.05. The van der Waals surface area contributed by atoms with Crippen LogP contribution in [-0.2, 0) is 6.42 Å². The van der Waals surface area contributed by atoms with Gasteiger partial charge >= 0.3 is 0 Å². The van der Waals surface area contributed by atoms with E-state index in [-0.39, 0.29) is 0 Å². The van der Waals surface area contributed by atoms with E-state index in [1.165, 1.54) is 89.0 Å². The van der Waals surface area contributed by atoms with Gasteiger partial charge in [-0.15, -0.1) is 0 Å². The zero-order chi connectivity index (χ0) is 25.7. The second-order valence-corrected chi connectivity index (χ2v) is 10.6. The van der Waals surface area contributed by atoms with E-state index in [1.807, 2.05) is 24.3 Å². The van der Waals surface area contributed by atoms with Crippen molar-refractivity contribution >= 4 is 23.2 Å². The Morgan fingerprint density at radius 1 is 0.694 bits per heavy atom. The third-order valence-corrected chi connectivity index (χ3v) is 7.22. The van der Waals surface area contributed by atoms with Crippen LogP contribution in [0.25, 0.3) is 6.08 Å². The minimum absolute atomic E-state index is 0.810. The topological polar surface area (TPSA) is 9.23 Å². The molecule has 0 unspecified atom stereocenters. The molecule has 2 aromatic carbocycles. The number of thiocarbonyl (C=S) groups is 1. The number of benzene rings is 2. The molecule has 0 aliphatic carbocycles. The van der Waals surface area contributed by atoms with Gasteiger partial charge in [0.25, 0.3) is 0 Å². The van der Waals surface area contributed by atoms with Crippen LogP contribution in [-0.4, -0.2) is 11.5 Å². The first-order valence-corrected chi connectivity index (χ1v) is 15.2. The zero-order valence-corrected chi connectivity index (χ0v) is 23.9. The van der Waals surface area contributed by atoms with Gasteiger partial charge in [0, 0.05) is 4.86 Å². The molecule has 0 amide bonds. The van der Waals surface area contributed by atoms with Crippen molar-refractivity contribution in [1.82, 2.24) is 0 Å². The molecule has 0 aliphatic rings. The molecule has 0 heterocycles. The van der Waals surface area contributed by atoms with Crippen LogP contribution in [0.2, 0.25) is 0 Å². The second kappa shape index (κ2) is 20.2. The van der Waals surface area contributed by atoms with Crippen molar-refractivity contribution in [2.24, 2.45) is 0 Å². The lowest BCUT2D eigenvalue weighted by Gasteiger charge is -2.12. The highest BCUT2D eigenvalue weighted by Crippen LogP contribution is 2.24. The smallest absolute Gasteiger partial charge is 0.123 e. The summed E-state index contributed by atoms with van der Waals surface area (Å²) in [6, 6.07) is 16.8. The van der Waals surface area contributed by atoms with Crippen molar-refractivity contribution in [2.75, 3.05) is 6.61 Å². The van der Waals surface area contributed by atoms with Crippen LogP contribution in [0.5, 0.6) is 5.75 Å². The lowest BCUT2D eigenvalue weighted by molar-refractivity contribution is 0.301. The second-order valence-electron chi connectivity index (χ2n) is 10.1. The van der Waals surface area contributed by atoms with Crippen LogP contribution in [0.15, 0.2) is 54.6 Å². The predicted molar refractivity (Wildman–Crippen MR) is 163 cm³/mol. The maximum Gasteiger partial charge on any atom is 0.123 e. The summed E-state index contributed by atoms with van der Waals surface area (Å²) in [5, 5.41) is 0. The SMILES string of the molecule is CCCCCCCCCCCCCCCCOc1cc(C=CC(=S)c2ccccc2)ccc1CCC. The van der Waals surface area contributed by atoms with E-state index in [0.29, 0.717) is 0 Å². The summed E-state index contributed by atoms with van der Waals surface area (Å²) in [7, 11) is 0. The monoisotopic (exact) mass is 506 g/mol. The molecule has 0 radical (unpaired) electrons. The summed E-state index contributed by atoms with van der Waals surface area (Å²) < 4.78 is 6.26. The van der Waals surface area contributed by atoms with Crippen molar-refractivity contribution in [3.63, 3.8) is 0 Å². The Hall–Kier alpha value is -1.93. The van der Waals surface area contributed by atoms with Gasteiger partial charge < -0.3 is 4.74 Å². The van der Waals surface area contributed by atoms with Gasteiger partial charge in [0.1, 0.15) is 5.75 Å². The predicted octanol–water partition coefficient (Wildman–Crippen LogP) is 10.9. The van der Waals surface area contributed by atoms with Crippen LogP contribution in [0.4, 0.5) is 0 Å². The summed E-state index contributed by atoms with van der Waals surface area (Å²) in [5.74, 6) is 1.04. The summed E-state index contributed by atoms with van der Waals surface area (Å²) in [6.07, 6.45) is 25.6. The fourth-order valence-corrected chi connectivity index (χ4v) is 4.84. The first-order valence-electron chi connectivity index (χ1n) is 14.8. The van der Waals surface area contributed by atoms with Gasteiger partial charge in [0.05, 0.1) is 6.61 Å². The lowest BCUT2D eigenvalue weighted by atomic mass is 10.0. The van der Waals surface area contributed by atoms with Crippen molar-refractivity contribution in [3.05, 3.63) is 71.3 Å². The minimum Gasteiger partial charge on any atom is -0.493 e. The van der Waals surface area contributed by atoms with Crippen molar-refractivity contribution in [2.45, 2.75) is 117 Å². The largest absolute Gasteiger partial charge is 0.493 e. The summed E-state index contributed by atoms with van der Waals surface area (Å²) in [6.45, 7) is 5.33. The van der Waals surface area contributed by atoms with E-state index >= 15 is 0 Å². The number of allylic oxidation sites excluding steroid dienone is 1. The van der Waals surface area contributed by atoms with E-state index in [0.717, 1.165) is 47.6 Å². The van der Waals surface area contributed by atoms with Gasteiger partial charge in [-0.2, -0.15) is 0 Å². The summed E-state index contributed by atoms with van der Waals surface area (Å²) in [5.41, 5.74) is 3.54. The molecule has 0 bridgehead atoms. The van der Waals surface area contributed by atoms with Gasteiger partial charge in [-0.3, -0.25) is 0 Å². The van der Waals surface area contributed by atoms with Crippen LogP contribution in [0.3, 0.4) is 0 Å². The average molecular weight is 507 g/mol. The molecule has 2 aromatic rings. The third-order valence-electron chi connectivity index (χ3n) is 6.85. The number of hydrogen-bond donors (Lipinski definition) is 0. The average Bonchev–Trinajstić information content (AvgIpc) is 2.91. The van der Waals surface area contributed by atoms with Gasteiger partial charge in [-0.25, -0.2) is 0 Å². The van der Waals surface area contributed by atoms with Crippen molar-refractivity contribution in [3.8, 4) is 5.75 Å². The van der Waals surface area contributed by atoms with E-state index < -0.39 is 0 Å². The normalized spacial score (nSPS) is 11.3. The quantitative estimate of drug-likeness (QED) is 0.0720. The standard InChI is InChI=1S/C34H50OS/c1-3-5-6-7-8-9-10-11-12-13-14-15-16-20-28-35-33-29-30(24-26-31(33)21-4-2)25-27-34(36)32-22-18-17-19-23-32/h17-19,22-27,29H,3-16,20-21,28H2,1-2H3. The first kappa shape index (κ1) is 30.3. The lowest BCUT2D eigenvalue weighted by Crippen LogP contribution is -2.01. The van der Waals surface area contributed by atoms with Crippen LogP contribution >= 0.6 is 12.2 Å². The molecule has 0 fully saturated rings. The zero-order valence-electron chi connectivity index (χ0n) is 23.1. The van der Waals surface area contributed by atoms with Crippen LogP contribution in [0.1, 0.15) is 127 Å². The van der Waals surface area contributed by atoms with E-state index in [1.54, 1.807) is 0 Å². The number of unbranched alkanes of at least 4 members (excludes halogenated alkanes) is 13. The molecule has 0 N–H and O–H groups in total. The van der Waals surface area contributed by atoms with Crippen molar-refractivity contribution in [1.29, 1.82) is 0 Å². The van der Waals surface area contributed by atoms with E-state index in [2.05, 4.69) is 50.3 Å². The molecule has 36 heavy (non-hydrogen) atoms. The number of rotatable bonds is 21. The maximum atomic E-state index is 6.26. The van der Waals surface area contributed by atoms with Gasteiger partial charge in [0.2, 0.25) is 0 Å². The third kappa shape index (κ3) is 13.4. The molecule has 198 valence electrons. The molecular formula is C34H50OS. The Kier molecular flexibility index (Phi) is 17.0. The maximum absolute atomic E-state index is 6.26. The Bertz CT molecular complexity index is 855. The Labute approximate surface area is 227 Å². The summed E-state index contributed by atoms with van der Waals surface area (Å²) >= 11 is 5.57. The first-order chi connectivity index (χ1) is 17.7. The summed E-state index contributed by atoms with van der Waals surface area (Å²) in [4.78, 5) is 0.859. The molecule has 0 atom stereocenters. The number of hydrogen-bond acceptors (Lipinski definition) is 2. The van der Waals surface area contributed by atoms with Crippen molar-refractivity contribution < 1.29 is 4.74 Å². The fraction of sp³-hybridized carbons (Fsp3) is 0.559. The molecule has 0 saturated carbocycles. The molecular weight excluding hydrogens is 456 g/mol. The van der Waals surface area contributed by atoms with Gasteiger partial charge in [-0.1, -0.05) is 164 Å². The highest BCUT2D eigenvalue weighted by atomic mass is 32.1. The number of ether oxygens (including phenoxy) is 1. The molecule has 0 aliphatic heterocycles. The molecule has 1 nitrogen and oxygen atoms in total. The van der Waals surface area contributed by atoms with Crippen LogP contribution in [0, 0.1) is 0 Å². The Morgan fingerprint density at radius 2 is 1.28 bits per heavy atom. The minimum atomic E-state index is 0.810. The fourth-order valence-electron chi connectivity index (χ4n) is 4.63. The van der Waals surface area contributed by atoms with E-state index in [4.69, 9.17) is 17.0 Å². The molecule has 2 heteroatoms. The Morgan fingerprint density at radius 3 is 1.86 bits per heavy atom.